The van der Waals surface area contributed by atoms with Gasteiger partial charge in [0.05, 0.1) is 28.1 Å². The van der Waals surface area contributed by atoms with Crippen LogP contribution in [0.25, 0.3) is 0 Å². The Morgan fingerprint density at radius 2 is 1.64 bits per heavy atom. The topological polar surface area (TPSA) is 92.7 Å². The molecule has 0 saturated carbocycles. The van der Waals surface area contributed by atoms with Crippen LogP contribution in [0.15, 0.2) is 82.6 Å². The van der Waals surface area contributed by atoms with Crippen molar-refractivity contribution in [2.45, 2.75) is 29.4 Å². The first-order valence-electron chi connectivity index (χ1n) is 10.1. The third-order valence-corrected chi connectivity index (χ3v) is 6.83. The first-order chi connectivity index (χ1) is 15.3. The van der Waals surface area contributed by atoms with Crippen LogP contribution in [0.3, 0.4) is 0 Å². The molecule has 3 aromatic rings. The third-order valence-electron chi connectivity index (χ3n) is 4.81. The van der Waals surface area contributed by atoms with E-state index in [1.54, 1.807) is 55.5 Å². The molecule has 3 rings (SSSR count). The Hall–Kier alpha value is -2.42. The molecule has 0 amide bonds. The van der Waals surface area contributed by atoms with Gasteiger partial charge in [0.2, 0.25) is 9.84 Å². The molecule has 0 bridgehead atoms. The summed E-state index contributed by atoms with van der Waals surface area (Å²) in [5.74, 6) is -0.492. The number of benzene rings is 3. The van der Waals surface area contributed by atoms with Gasteiger partial charge in [-0.15, -0.1) is 12.4 Å². The second-order valence-corrected chi connectivity index (χ2v) is 9.48. The summed E-state index contributed by atoms with van der Waals surface area (Å²) < 4.78 is 30.6. The van der Waals surface area contributed by atoms with Crippen molar-refractivity contribution in [1.29, 1.82) is 0 Å². The lowest BCUT2D eigenvalue weighted by molar-refractivity contribution is 0.0526. The van der Waals surface area contributed by atoms with Gasteiger partial charge in [0.25, 0.3) is 0 Å². The minimum absolute atomic E-state index is 0. The molecule has 0 aliphatic carbocycles. The van der Waals surface area contributed by atoms with Gasteiger partial charge in [0.15, 0.2) is 0 Å². The highest BCUT2D eigenvalue weighted by Gasteiger charge is 2.18. The summed E-state index contributed by atoms with van der Waals surface area (Å²) in [7, 11) is -3.71. The predicted molar refractivity (Wildman–Crippen MR) is 130 cm³/mol. The second kappa shape index (κ2) is 12.2. The standard InChI is InChI=1S/C24H24ClNO5S.ClH/c1-2-31-24(28)18-8-12-22(13-9-18)32(29,30)21-10-6-17(7-11-21)15-26-16-23(27)19-4-3-5-20(25)14-19;/h3-14,23,26-27H,2,15-16H2,1H3;1H/t23-;/m0./s1. The highest BCUT2D eigenvalue weighted by atomic mass is 35.5. The number of hydrogen-bond acceptors (Lipinski definition) is 6. The van der Waals surface area contributed by atoms with Crippen LogP contribution in [0.1, 0.15) is 34.5 Å². The molecule has 9 heteroatoms. The minimum Gasteiger partial charge on any atom is -0.462 e. The second-order valence-electron chi connectivity index (χ2n) is 7.09. The van der Waals surface area contributed by atoms with E-state index in [-0.39, 0.29) is 28.8 Å². The van der Waals surface area contributed by atoms with Crippen molar-refractivity contribution in [3.63, 3.8) is 0 Å². The summed E-state index contributed by atoms with van der Waals surface area (Å²) in [6.07, 6.45) is -0.703. The first kappa shape index (κ1) is 26.8. The number of aliphatic hydroxyl groups is 1. The minimum atomic E-state index is -3.71. The number of aliphatic hydroxyl groups excluding tert-OH is 1. The van der Waals surface area contributed by atoms with Crippen LogP contribution in [0.5, 0.6) is 0 Å². The summed E-state index contributed by atoms with van der Waals surface area (Å²) in [4.78, 5) is 12.0. The molecule has 0 unspecified atom stereocenters. The molecule has 0 radical (unpaired) electrons. The fraction of sp³-hybridized carbons (Fsp3) is 0.208. The van der Waals surface area contributed by atoms with E-state index in [1.807, 2.05) is 0 Å². The van der Waals surface area contributed by atoms with Crippen molar-refractivity contribution in [1.82, 2.24) is 5.32 Å². The Kier molecular flexibility index (Phi) is 9.88. The lowest BCUT2D eigenvalue weighted by Crippen LogP contribution is -2.21. The molecule has 1 atom stereocenters. The average Bonchev–Trinajstić information content (AvgIpc) is 2.79. The van der Waals surface area contributed by atoms with Crippen LogP contribution in [0, 0.1) is 0 Å². The number of hydrogen-bond donors (Lipinski definition) is 2. The maximum Gasteiger partial charge on any atom is 0.338 e. The van der Waals surface area contributed by atoms with Crippen molar-refractivity contribution >= 4 is 39.8 Å². The van der Waals surface area contributed by atoms with Crippen LogP contribution in [0.4, 0.5) is 0 Å². The summed E-state index contributed by atoms with van der Waals surface area (Å²) in [6, 6.07) is 19.2. The zero-order valence-corrected chi connectivity index (χ0v) is 20.3. The van der Waals surface area contributed by atoms with E-state index in [1.165, 1.54) is 24.3 Å². The maximum atomic E-state index is 12.9. The number of carbonyl (C=O) groups is 1. The highest BCUT2D eigenvalue weighted by Crippen LogP contribution is 2.22. The van der Waals surface area contributed by atoms with Gasteiger partial charge in [0, 0.05) is 18.1 Å². The Morgan fingerprint density at radius 1 is 1.03 bits per heavy atom. The van der Waals surface area contributed by atoms with Gasteiger partial charge in [-0.2, -0.15) is 0 Å². The van der Waals surface area contributed by atoms with E-state index >= 15 is 0 Å². The summed E-state index contributed by atoms with van der Waals surface area (Å²) in [5, 5.41) is 14.0. The Balaban J connectivity index is 0.00000385. The fourth-order valence-corrected chi connectivity index (χ4v) is 4.55. The fourth-order valence-electron chi connectivity index (χ4n) is 3.09. The van der Waals surface area contributed by atoms with Crippen LogP contribution in [0.2, 0.25) is 5.02 Å². The Labute approximate surface area is 204 Å². The molecule has 33 heavy (non-hydrogen) atoms. The van der Waals surface area contributed by atoms with Gasteiger partial charge in [0.1, 0.15) is 0 Å². The molecule has 0 spiro atoms. The van der Waals surface area contributed by atoms with Crippen molar-refractivity contribution < 1.29 is 23.1 Å². The van der Waals surface area contributed by atoms with E-state index in [2.05, 4.69) is 5.32 Å². The predicted octanol–water partition coefficient (Wildman–Crippen LogP) is 4.59. The highest BCUT2D eigenvalue weighted by molar-refractivity contribution is 7.91. The van der Waals surface area contributed by atoms with Gasteiger partial charge >= 0.3 is 5.97 Å². The number of ether oxygens (including phenoxy) is 1. The van der Waals surface area contributed by atoms with E-state index < -0.39 is 21.9 Å². The lowest BCUT2D eigenvalue weighted by Gasteiger charge is -2.13. The van der Waals surface area contributed by atoms with Gasteiger partial charge in [-0.25, -0.2) is 13.2 Å². The van der Waals surface area contributed by atoms with Crippen molar-refractivity contribution in [3.05, 3.63) is 94.5 Å². The molecule has 0 aliphatic rings. The number of esters is 1. The number of sulfone groups is 1. The van der Waals surface area contributed by atoms with Gasteiger partial charge in [-0.1, -0.05) is 35.9 Å². The van der Waals surface area contributed by atoms with E-state index in [9.17, 15) is 18.3 Å². The molecular weight excluding hydrogens is 485 g/mol. The van der Waals surface area contributed by atoms with Crippen molar-refractivity contribution in [3.8, 4) is 0 Å². The molecule has 6 nitrogen and oxygen atoms in total. The monoisotopic (exact) mass is 509 g/mol. The van der Waals surface area contributed by atoms with E-state index in [0.29, 0.717) is 23.7 Å². The van der Waals surface area contributed by atoms with Gasteiger partial charge in [-0.05, 0) is 66.6 Å². The molecule has 176 valence electrons. The van der Waals surface area contributed by atoms with Crippen molar-refractivity contribution in [2.24, 2.45) is 0 Å². The summed E-state index contributed by atoms with van der Waals surface area (Å²) in [6.45, 7) is 2.75. The number of carbonyl (C=O) groups excluding carboxylic acids is 1. The zero-order chi connectivity index (χ0) is 23.1. The quantitative estimate of drug-likeness (QED) is 0.409. The summed E-state index contributed by atoms with van der Waals surface area (Å²) >= 11 is 5.95. The maximum absolute atomic E-state index is 12.9. The molecule has 0 saturated heterocycles. The Bertz CT molecular complexity index is 1170. The molecule has 2 N–H and O–H groups in total. The van der Waals surface area contributed by atoms with Crippen molar-refractivity contribution in [2.75, 3.05) is 13.2 Å². The smallest absolute Gasteiger partial charge is 0.338 e. The zero-order valence-electron chi connectivity index (χ0n) is 17.9. The average molecular weight is 510 g/mol. The molecular formula is C24H25Cl2NO5S. The van der Waals surface area contributed by atoms with Crippen LogP contribution in [-0.2, 0) is 21.1 Å². The van der Waals surface area contributed by atoms with E-state index in [4.69, 9.17) is 16.3 Å². The van der Waals surface area contributed by atoms with Crippen LogP contribution in [-0.4, -0.2) is 32.6 Å². The first-order valence-corrected chi connectivity index (χ1v) is 11.9. The normalized spacial score (nSPS) is 12.0. The molecule has 0 fully saturated rings. The third kappa shape index (κ3) is 7.03. The van der Waals surface area contributed by atoms with Gasteiger partial charge in [-0.3, -0.25) is 0 Å². The number of halogens is 2. The SMILES string of the molecule is CCOC(=O)c1ccc(S(=O)(=O)c2ccc(CNC[C@H](O)c3cccc(Cl)c3)cc2)cc1.Cl. The lowest BCUT2D eigenvalue weighted by atomic mass is 10.1. The number of nitrogens with one attached hydrogen (secondary N) is 1. The molecule has 0 aliphatic heterocycles. The molecule has 0 aromatic heterocycles. The van der Waals surface area contributed by atoms with Gasteiger partial charge < -0.3 is 15.2 Å². The molecule has 3 aromatic carbocycles. The van der Waals surface area contributed by atoms with E-state index in [0.717, 1.165) is 11.1 Å². The van der Waals surface area contributed by atoms with Crippen LogP contribution < -0.4 is 5.32 Å². The largest absolute Gasteiger partial charge is 0.462 e. The Morgan fingerprint density at radius 3 is 2.21 bits per heavy atom. The molecule has 0 heterocycles. The number of rotatable bonds is 9. The van der Waals surface area contributed by atoms with Crippen LogP contribution >= 0.6 is 24.0 Å². The summed E-state index contributed by atoms with van der Waals surface area (Å²) in [5.41, 5.74) is 1.90.